The minimum absolute atomic E-state index is 0.00524. The molecule has 0 atom stereocenters. The summed E-state index contributed by atoms with van der Waals surface area (Å²) in [5.74, 6) is -0.00524. The molecular formula is C10H10N2O4S. The van der Waals surface area contributed by atoms with Gasteiger partial charge in [-0.25, -0.2) is 0 Å². The number of nitrogens with zero attached hydrogens (tertiary/aromatic N) is 2. The normalized spacial score (nSPS) is 11.6. The lowest BCUT2D eigenvalue weighted by molar-refractivity contribution is 0.474. The molecule has 1 aromatic heterocycles. The number of benzene rings is 1. The van der Waals surface area contributed by atoms with Crippen molar-refractivity contribution in [3.05, 3.63) is 42.2 Å². The second-order valence-electron chi connectivity index (χ2n) is 3.48. The maximum absolute atomic E-state index is 11.1. The Hall–Kier alpha value is -1.86. The maximum atomic E-state index is 11.1. The van der Waals surface area contributed by atoms with Gasteiger partial charge >= 0.3 is 0 Å². The molecule has 1 aromatic carbocycles. The van der Waals surface area contributed by atoms with Crippen LogP contribution in [-0.4, -0.2) is 27.9 Å². The fraction of sp³-hybridized carbons (Fsp3) is 0.100. The van der Waals surface area contributed by atoms with Gasteiger partial charge in [0.25, 0.3) is 10.1 Å². The van der Waals surface area contributed by atoms with Gasteiger partial charge in [0, 0.05) is 0 Å². The molecule has 0 unspecified atom stereocenters. The summed E-state index contributed by atoms with van der Waals surface area (Å²) < 4.78 is 32.7. The lowest BCUT2D eigenvalue weighted by Crippen LogP contribution is -2.07. The van der Waals surface area contributed by atoms with Crippen molar-refractivity contribution in [2.24, 2.45) is 0 Å². The van der Waals surface area contributed by atoms with Crippen molar-refractivity contribution in [1.82, 2.24) is 9.78 Å². The Kier molecular flexibility index (Phi) is 2.86. The van der Waals surface area contributed by atoms with Crippen molar-refractivity contribution >= 4 is 10.1 Å². The zero-order valence-electron chi connectivity index (χ0n) is 8.68. The van der Waals surface area contributed by atoms with Crippen LogP contribution >= 0.6 is 0 Å². The standard InChI is InChI=1S/C10H10N2O4S/c13-9-5-11-12(7-9)6-8-3-1-2-4-10(8)17(14,15)16/h1-5,7,13H,6H2,(H,14,15,16). The first-order valence-corrected chi connectivity index (χ1v) is 6.17. The lowest BCUT2D eigenvalue weighted by atomic mass is 10.2. The number of aromatic hydroxyl groups is 1. The molecule has 0 amide bonds. The van der Waals surface area contributed by atoms with Crippen LogP contribution in [0.5, 0.6) is 5.75 Å². The molecule has 0 bridgehead atoms. The van der Waals surface area contributed by atoms with Gasteiger partial charge in [0.2, 0.25) is 0 Å². The molecule has 0 aliphatic heterocycles. The molecule has 0 saturated carbocycles. The third-order valence-corrected chi connectivity index (χ3v) is 3.16. The van der Waals surface area contributed by atoms with E-state index >= 15 is 0 Å². The molecule has 2 rings (SSSR count). The highest BCUT2D eigenvalue weighted by atomic mass is 32.2. The number of hydrogen-bond acceptors (Lipinski definition) is 4. The van der Waals surface area contributed by atoms with Gasteiger partial charge in [-0.15, -0.1) is 0 Å². The van der Waals surface area contributed by atoms with Crippen molar-refractivity contribution in [1.29, 1.82) is 0 Å². The zero-order valence-corrected chi connectivity index (χ0v) is 9.50. The molecule has 6 nitrogen and oxygen atoms in total. The molecule has 0 fully saturated rings. The van der Waals surface area contributed by atoms with E-state index in [4.69, 9.17) is 9.66 Å². The minimum Gasteiger partial charge on any atom is -0.505 e. The average molecular weight is 254 g/mol. The van der Waals surface area contributed by atoms with E-state index in [0.29, 0.717) is 5.56 Å². The Labute approximate surface area is 97.9 Å². The molecule has 17 heavy (non-hydrogen) atoms. The van der Waals surface area contributed by atoms with Gasteiger partial charge in [0.05, 0.1) is 23.8 Å². The van der Waals surface area contributed by atoms with Gasteiger partial charge in [0.15, 0.2) is 5.75 Å². The molecule has 2 N–H and O–H groups in total. The summed E-state index contributed by atoms with van der Waals surface area (Å²) in [5, 5.41) is 12.9. The molecule has 1 heterocycles. The quantitative estimate of drug-likeness (QED) is 0.793. The van der Waals surface area contributed by atoms with Crippen molar-refractivity contribution in [3.8, 4) is 5.75 Å². The van der Waals surface area contributed by atoms with Crippen molar-refractivity contribution < 1.29 is 18.1 Å². The topological polar surface area (TPSA) is 92.4 Å². The van der Waals surface area contributed by atoms with E-state index in [1.54, 1.807) is 12.1 Å². The van der Waals surface area contributed by atoms with Crippen LogP contribution < -0.4 is 0 Å². The third kappa shape index (κ3) is 2.63. The smallest absolute Gasteiger partial charge is 0.294 e. The Morgan fingerprint density at radius 2 is 2.00 bits per heavy atom. The average Bonchev–Trinajstić information content (AvgIpc) is 2.63. The Morgan fingerprint density at radius 1 is 1.29 bits per heavy atom. The summed E-state index contributed by atoms with van der Waals surface area (Å²) in [6.45, 7) is 0.149. The summed E-state index contributed by atoms with van der Waals surface area (Å²) in [4.78, 5) is -0.157. The molecule has 0 spiro atoms. The van der Waals surface area contributed by atoms with Gasteiger partial charge in [-0.05, 0) is 11.6 Å². The molecule has 90 valence electrons. The SMILES string of the molecule is O=S(=O)(O)c1ccccc1Cn1cc(O)cn1. The van der Waals surface area contributed by atoms with Crippen LogP contribution in [0.1, 0.15) is 5.56 Å². The van der Waals surface area contributed by atoms with Gasteiger partial charge in [-0.1, -0.05) is 18.2 Å². The summed E-state index contributed by atoms with van der Waals surface area (Å²) in [6.07, 6.45) is 2.61. The highest BCUT2D eigenvalue weighted by Crippen LogP contribution is 2.16. The highest BCUT2D eigenvalue weighted by molar-refractivity contribution is 7.85. The van der Waals surface area contributed by atoms with E-state index in [1.807, 2.05) is 0 Å². The van der Waals surface area contributed by atoms with E-state index in [2.05, 4.69) is 5.10 Å². The summed E-state index contributed by atoms with van der Waals surface area (Å²) in [7, 11) is -4.25. The predicted molar refractivity (Wildman–Crippen MR) is 59.3 cm³/mol. The molecule has 0 saturated heterocycles. The second kappa shape index (κ2) is 4.19. The molecule has 0 radical (unpaired) electrons. The van der Waals surface area contributed by atoms with Crippen LogP contribution in [0.15, 0.2) is 41.6 Å². The van der Waals surface area contributed by atoms with E-state index in [0.717, 1.165) is 0 Å². The fourth-order valence-electron chi connectivity index (χ4n) is 1.50. The first-order valence-electron chi connectivity index (χ1n) is 4.73. The van der Waals surface area contributed by atoms with Crippen molar-refractivity contribution in [2.75, 3.05) is 0 Å². The first-order chi connectivity index (χ1) is 7.97. The second-order valence-corrected chi connectivity index (χ2v) is 4.87. The summed E-state index contributed by atoms with van der Waals surface area (Å²) in [6, 6.07) is 6.07. The monoisotopic (exact) mass is 254 g/mol. The lowest BCUT2D eigenvalue weighted by Gasteiger charge is -2.06. The Morgan fingerprint density at radius 3 is 2.59 bits per heavy atom. The first kappa shape index (κ1) is 11.6. The van der Waals surface area contributed by atoms with Gasteiger partial charge in [0.1, 0.15) is 0 Å². The van der Waals surface area contributed by atoms with Crippen molar-refractivity contribution in [2.45, 2.75) is 11.4 Å². The maximum Gasteiger partial charge on any atom is 0.294 e. The van der Waals surface area contributed by atoms with Crippen LogP contribution in [0.25, 0.3) is 0 Å². The largest absolute Gasteiger partial charge is 0.505 e. The summed E-state index contributed by atoms with van der Waals surface area (Å²) >= 11 is 0. The highest BCUT2D eigenvalue weighted by Gasteiger charge is 2.14. The zero-order chi connectivity index (χ0) is 12.5. The predicted octanol–water partition coefficient (Wildman–Crippen LogP) is 0.884. The van der Waals surface area contributed by atoms with E-state index in [1.165, 1.54) is 29.2 Å². The van der Waals surface area contributed by atoms with Crippen molar-refractivity contribution in [3.63, 3.8) is 0 Å². The minimum atomic E-state index is -4.25. The fourth-order valence-corrected chi connectivity index (χ4v) is 2.21. The number of rotatable bonds is 3. The van der Waals surface area contributed by atoms with E-state index in [9.17, 15) is 8.42 Å². The Balaban J connectivity index is 2.40. The van der Waals surface area contributed by atoms with Gasteiger partial charge in [-0.2, -0.15) is 13.5 Å². The molecule has 2 aromatic rings. The van der Waals surface area contributed by atoms with E-state index in [-0.39, 0.29) is 17.2 Å². The molecular weight excluding hydrogens is 244 g/mol. The molecule has 0 aliphatic rings. The van der Waals surface area contributed by atoms with Gasteiger partial charge in [-0.3, -0.25) is 9.23 Å². The van der Waals surface area contributed by atoms with Crippen LogP contribution in [0.3, 0.4) is 0 Å². The third-order valence-electron chi connectivity index (χ3n) is 2.20. The van der Waals surface area contributed by atoms with Crippen LogP contribution in [0, 0.1) is 0 Å². The van der Waals surface area contributed by atoms with Crippen LogP contribution in [-0.2, 0) is 16.7 Å². The Bertz CT molecular complexity index is 633. The number of hydrogen-bond donors (Lipinski definition) is 2. The van der Waals surface area contributed by atoms with Crippen LogP contribution in [0.2, 0.25) is 0 Å². The van der Waals surface area contributed by atoms with Crippen LogP contribution in [0.4, 0.5) is 0 Å². The molecule has 7 heteroatoms. The van der Waals surface area contributed by atoms with Gasteiger partial charge < -0.3 is 5.11 Å². The molecule has 0 aliphatic carbocycles. The summed E-state index contributed by atoms with van der Waals surface area (Å²) in [5.41, 5.74) is 0.401. The number of aromatic nitrogens is 2. The van der Waals surface area contributed by atoms with E-state index < -0.39 is 10.1 Å².